The van der Waals surface area contributed by atoms with Gasteiger partial charge in [0, 0.05) is 32.7 Å². The minimum Gasteiger partial charge on any atom is -0.455 e. The van der Waals surface area contributed by atoms with E-state index in [1.54, 1.807) is 0 Å². The van der Waals surface area contributed by atoms with Crippen molar-refractivity contribution in [2.24, 2.45) is 0 Å². The van der Waals surface area contributed by atoms with Crippen molar-refractivity contribution in [2.75, 3.05) is 0 Å². The van der Waals surface area contributed by atoms with Crippen molar-refractivity contribution in [3.05, 3.63) is 253 Å². The number of furan rings is 1. The molecule has 0 saturated carbocycles. The molecule has 0 N–H and O–H groups in total. The Bertz CT molecular complexity index is 4260. The summed E-state index contributed by atoms with van der Waals surface area (Å²) < 4.78 is 9.16. The van der Waals surface area contributed by atoms with Crippen LogP contribution in [0.2, 0.25) is 0 Å². The van der Waals surface area contributed by atoms with Crippen molar-refractivity contribution in [1.29, 1.82) is 0 Å². The average molecular weight is 879 g/mol. The molecule has 15 rings (SSSR count). The second-order valence-electron chi connectivity index (χ2n) is 18.2. The molecule has 4 heterocycles. The summed E-state index contributed by atoms with van der Waals surface area (Å²) in [5.41, 5.74) is 18.9. The third kappa shape index (κ3) is 5.27. The van der Waals surface area contributed by atoms with Crippen LogP contribution in [0.4, 0.5) is 0 Å². The molecule has 1 unspecified atom stereocenters. The number of aromatic nitrogens is 4. The quantitative estimate of drug-likeness (QED) is 0.173. The van der Waals surface area contributed by atoms with Crippen molar-refractivity contribution in [3.8, 4) is 73.2 Å². The van der Waals surface area contributed by atoms with Crippen LogP contribution in [0.3, 0.4) is 0 Å². The first-order valence-corrected chi connectivity index (χ1v) is 23.5. The van der Waals surface area contributed by atoms with Gasteiger partial charge in [-0.15, -0.1) is 0 Å². The van der Waals surface area contributed by atoms with Gasteiger partial charge in [-0.3, -0.25) is 0 Å². The third-order valence-electron chi connectivity index (χ3n) is 14.7. The lowest BCUT2D eigenvalue weighted by Crippen LogP contribution is -2.33. The van der Waals surface area contributed by atoms with Crippen molar-refractivity contribution in [2.45, 2.75) is 5.41 Å². The van der Waals surface area contributed by atoms with Crippen molar-refractivity contribution < 1.29 is 4.42 Å². The molecule has 2 aliphatic rings. The Morgan fingerprint density at radius 2 is 0.870 bits per heavy atom. The van der Waals surface area contributed by atoms with E-state index in [1.807, 2.05) is 12.1 Å². The lowest BCUT2D eigenvalue weighted by atomic mass is 9.65. The Kier molecular flexibility index (Phi) is 7.93. The zero-order chi connectivity index (χ0) is 45.2. The van der Waals surface area contributed by atoms with Gasteiger partial charge in [0.1, 0.15) is 11.2 Å². The monoisotopic (exact) mass is 878 g/mol. The van der Waals surface area contributed by atoms with Gasteiger partial charge in [-0.1, -0.05) is 206 Å². The zero-order valence-corrected chi connectivity index (χ0v) is 37.1. The Balaban J connectivity index is 1.00. The minimum absolute atomic E-state index is 0.546. The molecule has 1 aliphatic heterocycles. The lowest BCUT2D eigenvalue weighted by Gasteiger charge is -2.39. The molecular formula is C64H38N4O. The van der Waals surface area contributed by atoms with Crippen LogP contribution in [-0.2, 0) is 5.41 Å². The summed E-state index contributed by atoms with van der Waals surface area (Å²) in [5.74, 6) is 1.73. The smallest absolute Gasteiger partial charge is 0.167 e. The van der Waals surface area contributed by atoms with Crippen LogP contribution in [0.5, 0.6) is 0 Å². The van der Waals surface area contributed by atoms with Gasteiger partial charge in [0.05, 0.1) is 27.7 Å². The van der Waals surface area contributed by atoms with E-state index in [0.717, 1.165) is 60.9 Å². The fourth-order valence-electron chi connectivity index (χ4n) is 11.9. The van der Waals surface area contributed by atoms with E-state index in [2.05, 4.69) is 223 Å². The van der Waals surface area contributed by atoms with E-state index >= 15 is 0 Å². The van der Waals surface area contributed by atoms with Gasteiger partial charge in [-0.05, 0) is 79.9 Å². The molecule has 1 atom stereocenters. The highest BCUT2D eigenvalue weighted by Gasteiger charge is 2.51. The second kappa shape index (κ2) is 14.4. The molecule has 5 heteroatoms. The topological polar surface area (TPSA) is 56.7 Å². The predicted molar refractivity (Wildman–Crippen MR) is 279 cm³/mol. The van der Waals surface area contributed by atoms with Crippen LogP contribution in [0, 0.1) is 0 Å². The maximum Gasteiger partial charge on any atom is 0.167 e. The van der Waals surface area contributed by atoms with Crippen LogP contribution >= 0.6 is 0 Å². The molecule has 1 spiro atoms. The normalized spacial score (nSPS) is 14.4. The van der Waals surface area contributed by atoms with Crippen LogP contribution in [0.25, 0.3) is 117 Å². The van der Waals surface area contributed by atoms with Crippen molar-refractivity contribution >= 4 is 43.7 Å². The maximum atomic E-state index is 6.67. The maximum absolute atomic E-state index is 6.67. The Labute approximate surface area is 397 Å². The van der Waals surface area contributed by atoms with Gasteiger partial charge in [0.15, 0.2) is 17.5 Å². The van der Waals surface area contributed by atoms with E-state index in [0.29, 0.717) is 17.5 Å². The number of para-hydroxylation sites is 5. The summed E-state index contributed by atoms with van der Waals surface area (Å²) in [4.78, 5) is 16.5. The number of benzene rings is 10. The van der Waals surface area contributed by atoms with Gasteiger partial charge in [0.2, 0.25) is 0 Å². The molecule has 320 valence electrons. The first-order chi connectivity index (χ1) is 34.2. The summed E-state index contributed by atoms with van der Waals surface area (Å²) >= 11 is 0. The Morgan fingerprint density at radius 3 is 1.72 bits per heavy atom. The molecule has 3 aromatic heterocycles. The minimum atomic E-state index is -0.626. The standard InChI is InChI=1S/C64H38N4O/c1-2-17-39(18-3-1)40-35-37-41(38-36-40)42-19-4-5-22-47(42)61-65-62(67-63(66-61)50-27-14-25-46-44-21-8-13-34-57(44)69-60(46)50)49-26-16-30-53-58(49)48-23-6-9-28-51(48)64(53)52-29-10-12-33-56(52)68-55-32-11-7-20-43(55)45-24-15-31-54(64)59(45)68/h1-38H. The summed E-state index contributed by atoms with van der Waals surface area (Å²) in [6.45, 7) is 0. The number of fused-ring (bicyclic) bond motifs is 15. The number of hydrogen-bond donors (Lipinski definition) is 0. The number of hydrogen-bond acceptors (Lipinski definition) is 4. The summed E-state index contributed by atoms with van der Waals surface area (Å²) in [6.07, 6.45) is 0. The van der Waals surface area contributed by atoms with E-state index < -0.39 is 5.41 Å². The van der Waals surface area contributed by atoms with Gasteiger partial charge < -0.3 is 8.98 Å². The SMILES string of the molecule is c1ccc(-c2ccc(-c3ccccc3-c3nc(-c4cccc5c4-c4ccccc4C54c5ccccc5-n5c6ccccc6c6cccc4c65)nc(-c4cccc5c4oc4ccccc45)n3)cc2)cc1. The first-order valence-electron chi connectivity index (χ1n) is 23.5. The van der Waals surface area contributed by atoms with E-state index in [-0.39, 0.29) is 0 Å². The van der Waals surface area contributed by atoms with E-state index in [4.69, 9.17) is 19.4 Å². The summed E-state index contributed by atoms with van der Waals surface area (Å²) in [5, 5.41) is 4.57. The van der Waals surface area contributed by atoms with Crippen LogP contribution in [-0.4, -0.2) is 19.5 Å². The van der Waals surface area contributed by atoms with Crippen molar-refractivity contribution in [1.82, 2.24) is 19.5 Å². The van der Waals surface area contributed by atoms with Gasteiger partial charge >= 0.3 is 0 Å². The third-order valence-corrected chi connectivity index (χ3v) is 14.7. The van der Waals surface area contributed by atoms with Gasteiger partial charge in [-0.25, -0.2) is 15.0 Å². The van der Waals surface area contributed by atoms with Crippen LogP contribution in [0.15, 0.2) is 235 Å². The molecular weight excluding hydrogens is 841 g/mol. The molecule has 0 radical (unpaired) electrons. The molecule has 1 aliphatic carbocycles. The molecule has 0 fully saturated rings. The van der Waals surface area contributed by atoms with Crippen LogP contribution in [0.1, 0.15) is 22.3 Å². The van der Waals surface area contributed by atoms with E-state index in [1.165, 1.54) is 60.9 Å². The molecule has 0 bridgehead atoms. The lowest BCUT2D eigenvalue weighted by molar-refractivity contribution is 0.669. The second-order valence-corrected chi connectivity index (χ2v) is 18.2. The molecule has 5 nitrogen and oxygen atoms in total. The molecule has 69 heavy (non-hydrogen) atoms. The Hall–Kier alpha value is -9.19. The highest BCUT2D eigenvalue weighted by atomic mass is 16.3. The Morgan fingerprint density at radius 1 is 0.333 bits per heavy atom. The molecule has 0 saturated heterocycles. The molecule has 13 aromatic rings. The van der Waals surface area contributed by atoms with Gasteiger partial charge in [0.25, 0.3) is 0 Å². The fourth-order valence-corrected chi connectivity index (χ4v) is 11.9. The molecule has 0 amide bonds. The van der Waals surface area contributed by atoms with Crippen molar-refractivity contribution in [3.63, 3.8) is 0 Å². The fraction of sp³-hybridized carbons (Fsp3) is 0.0156. The molecule has 10 aromatic carbocycles. The van der Waals surface area contributed by atoms with Crippen LogP contribution < -0.4 is 0 Å². The zero-order valence-electron chi connectivity index (χ0n) is 37.1. The number of rotatable bonds is 5. The van der Waals surface area contributed by atoms with E-state index in [9.17, 15) is 0 Å². The number of nitrogens with zero attached hydrogens (tertiary/aromatic N) is 4. The predicted octanol–water partition coefficient (Wildman–Crippen LogP) is 15.9. The average Bonchev–Trinajstić information content (AvgIpc) is 4.08. The highest BCUT2D eigenvalue weighted by Crippen LogP contribution is 2.62. The summed E-state index contributed by atoms with van der Waals surface area (Å²) in [7, 11) is 0. The first kappa shape index (κ1) is 38.0. The summed E-state index contributed by atoms with van der Waals surface area (Å²) in [6, 6.07) is 82.5. The van der Waals surface area contributed by atoms with Gasteiger partial charge in [-0.2, -0.15) is 0 Å². The largest absolute Gasteiger partial charge is 0.455 e. The highest BCUT2D eigenvalue weighted by molar-refractivity contribution is 6.13.